The van der Waals surface area contributed by atoms with E-state index in [1.165, 1.54) is 11.3 Å². The predicted molar refractivity (Wildman–Crippen MR) is 72.8 cm³/mol. The number of hydrogen-bond donors (Lipinski definition) is 0. The summed E-state index contributed by atoms with van der Waals surface area (Å²) < 4.78 is 11.7. The van der Waals surface area contributed by atoms with Crippen LogP contribution in [0.1, 0.15) is 32.6 Å². The molecule has 0 unspecified atom stereocenters. The molecule has 1 aliphatic heterocycles. The van der Waals surface area contributed by atoms with Crippen molar-refractivity contribution in [1.82, 2.24) is 15.1 Å². The lowest BCUT2D eigenvalue weighted by atomic mass is 9.99. The van der Waals surface area contributed by atoms with Gasteiger partial charge in [-0.1, -0.05) is 28.1 Å². The molecule has 1 aliphatic rings. The fourth-order valence-electron chi connectivity index (χ4n) is 1.84. The van der Waals surface area contributed by atoms with Gasteiger partial charge in [0.05, 0.1) is 6.20 Å². The van der Waals surface area contributed by atoms with Crippen molar-refractivity contribution in [3.63, 3.8) is 0 Å². The van der Waals surface area contributed by atoms with Crippen LogP contribution in [-0.4, -0.2) is 20.7 Å². The van der Waals surface area contributed by atoms with Crippen LogP contribution in [0.5, 0.6) is 0 Å². The summed E-state index contributed by atoms with van der Waals surface area (Å²) in [6, 6.07) is 0. The second-order valence-electron chi connectivity index (χ2n) is 4.86. The molecule has 0 saturated carbocycles. The molecule has 0 atom stereocenters. The first-order valence-corrected chi connectivity index (χ1v) is 7.08. The van der Waals surface area contributed by atoms with E-state index in [1.807, 2.05) is 19.9 Å². The van der Waals surface area contributed by atoms with Crippen LogP contribution in [0.25, 0.3) is 16.6 Å². The van der Waals surface area contributed by atoms with Crippen LogP contribution >= 0.6 is 22.9 Å². The second kappa shape index (κ2) is 4.61. The van der Waals surface area contributed by atoms with Gasteiger partial charge in [0.2, 0.25) is 5.82 Å². The number of thiazole rings is 1. The number of nitrogens with zero attached hydrogens (tertiary/aromatic N) is 3. The Kier molecular flexibility index (Phi) is 3.06. The Morgan fingerprint density at radius 2 is 2.26 bits per heavy atom. The van der Waals surface area contributed by atoms with E-state index < -0.39 is 0 Å². The van der Waals surface area contributed by atoms with Gasteiger partial charge in [0, 0.05) is 0 Å². The first kappa shape index (κ1) is 12.6. The predicted octanol–water partition coefficient (Wildman–Crippen LogP) is 3.78. The van der Waals surface area contributed by atoms with E-state index >= 15 is 0 Å². The lowest BCUT2D eigenvalue weighted by Crippen LogP contribution is -2.26. The molecule has 0 radical (unpaired) electrons. The van der Waals surface area contributed by atoms with Crippen molar-refractivity contribution < 1.29 is 9.26 Å². The van der Waals surface area contributed by atoms with Crippen molar-refractivity contribution in [3.8, 4) is 10.8 Å². The van der Waals surface area contributed by atoms with Gasteiger partial charge in [-0.25, -0.2) is 4.98 Å². The fraction of sp³-hybridized carbons (Fsp3) is 0.417. The zero-order valence-electron chi connectivity index (χ0n) is 10.5. The summed E-state index contributed by atoms with van der Waals surface area (Å²) in [5.74, 6) is 1.45. The summed E-state index contributed by atoms with van der Waals surface area (Å²) in [6.07, 6.45) is 5.44. The van der Waals surface area contributed by atoms with E-state index in [1.54, 1.807) is 6.20 Å². The van der Waals surface area contributed by atoms with Crippen LogP contribution in [-0.2, 0) is 4.74 Å². The SMILES string of the molecule is CC1(C)CCC=C(c2nc(-c3ncc(Cl)s3)no2)O1. The molecule has 0 bridgehead atoms. The molecule has 0 N–H and O–H groups in total. The van der Waals surface area contributed by atoms with Crippen molar-refractivity contribution in [2.24, 2.45) is 0 Å². The minimum absolute atomic E-state index is 0.205. The fourth-order valence-corrected chi connectivity index (χ4v) is 2.68. The monoisotopic (exact) mass is 297 g/mol. The highest BCUT2D eigenvalue weighted by Crippen LogP contribution is 2.32. The van der Waals surface area contributed by atoms with Gasteiger partial charge in [-0.3, -0.25) is 0 Å². The molecule has 0 saturated heterocycles. The number of hydrogen-bond acceptors (Lipinski definition) is 6. The molecule has 2 aromatic heterocycles. The topological polar surface area (TPSA) is 61.0 Å². The number of allylic oxidation sites excluding steroid dienone is 1. The van der Waals surface area contributed by atoms with E-state index in [0.717, 1.165) is 12.8 Å². The third kappa shape index (κ3) is 2.64. The molecular formula is C12H12ClN3O2S. The van der Waals surface area contributed by atoms with E-state index in [9.17, 15) is 0 Å². The molecule has 3 heterocycles. The molecular weight excluding hydrogens is 286 g/mol. The van der Waals surface area contributed by atoms with Gasteiger partial charge < -0.3 is 9.26 Å². The average molecular weight is 298 g/mol. The van der Waals surface area contributed by atoms with E-state index in [4.69, 9.17) is 20.9 Å². The molecule has 0 fully saturated rings. The van der Waals surface area contributed by atoms with Gasteiger partial charge in [-0.2, -0.15) is 4.98 Å². The molecule has 0 spiro atoms. The maximum Gasteiger partial charge on any atom is 0.293 e. The van der Waals surface area contributed by atoms with Gasteiger partial charge in [-0.15, -0.1) is 0 Å². The van der Waals surface area contributed by atoms with Gasteiger partial charge in [0.25, 0.3) is 5.89 Å². The number of ether oxygens (including phenoxy) is 1. The Labute approximate surface area is 119 Å². The lowest BCUT2D eigenvalue weighted by Gasteiger charge is -2.29. The molecule has 0 aliphatic carbocycles. The van der Waals surface area contributed by atoms with Gasteiger partial charge >= 0.3 is 0 Å². The smallest absolute Gasteiger partial charge is 0.293 e. The van der Waals surface area contributed by atoms with E-state index in [-0.39, 0.29) is 5.60 Å². The Morgan fingerprint density at radius 1 is 1.42 bits per heavy atom. The lowest BCUT2D eigenvalue weighted by molar-refractivity contribution is 0.0547. The summed E-state index contributed by atoms with van der Waals surface area (Å²) in [7, 11) is 0. The summed E-state index contributed by atoms with van der Waals surface area (Å²) in [5, 5.41) is 4.54. The van der Waals surface area contributed by atoms with Crippen LogP contribution in [0, 0.1) is 0 Å². The summed E-state index contributed by atoms with van der Waals surface area (Å²) in [4.78, 5) is 8.42. The van der Waals surface area contributed by atoms with Crippen molar-refractivity contribution >= 4 is 28.7 Å². The molecule has 2 aromatic rings. The molecule has 100 valence electrons. The minimum Gasteiger partial charge on any atom is -0.482 e. The number of aromatic nitrogens is 3. The quantitative estimate of drug-likeness (QED) is 0.844. The van der Waals surface area contributed by atoms with E-state index in [2.05, 4.69) is 15.1 Å². The molecule has 3 rings (SSSR count). The van der Waals surface area contributed by atoms with Crippen LogP contribution in [0.4, 0.5) is 0 Å². The summed E-state index contributed by atoms with van der Waals surface area (Å²) in [6.45, 7) is 4.08. The molecule has 5 nitrogen and oxygen atoms in total. The van der Waals surface area contributed by atoms with Crippen molar-refractivity contribution in [3.05, 3.63) is 22.5 Å². The minimum atomic E-state index is -0.205. The maximum absolute atomic E-state index is 5.84. The number of rotatable bonds is 2. The maximum atomic E-state index is 5.84. The normalized spacial score (nSPS) is 17.9. The Hall–Kier alpha value is -1.40. The van der Waals surface area contributed by atoms with Crippen LogP contribution in [0.2, 0.25) is 4.34 Å². The van der Waals surface area contributed by atoms with Crippen LogP contribution in [0.3, 0.4) is 0 Å². The first-order chi connectivity index (χ1) is 9.03. The number of halogens is 1. The second-order valence-corrected chi connectivity index (χ2v) is 6.52. The zero-order chi connectivity index (χ0) is 13.5. The van der Waals surface area contributed by atoms with Crippen LogP contribution < -0.4 is 0 Å². The highest BCUT2D eigenvalue weighted by atomic mass is 35.5. The third-order valence-corrected chi connectivity index (χ3v) is 3.88. The summed E-state index contributed by atoms with van der Waals surface area (Å²) >= 11 is 7.15. The largest absolute Gasteiger partial charge is 0.482 e. The van der Waals surface area contributed by atoms with Gasteiger partial charge in [0.1, 0.15) is 9.94 Å². The highest BCUT2D eigenvalue weighted by Gasteiger charge is 2.27. The molecule has 0 aromatic carbocycles. The summed E-state index contributed by atoms with van der Waals surface area (Å²) in [5.41, 5.74) is -0.205. The van der Waals surface area contributed by atoms with Gasteiger partial charge in [-0.05, 0) is 32.8 Å². The standard InChI is InChI=1S/C12H12ClN3O2S/c1-12(2)5-3-4-7(17-12)10-15-9(16-18-10)11-14-6-8(13)19-11/h4,6H,3,5H2,1-2H3. The van der Waals surface area contributed by atoms with E-state index in [0.29, 0.717) is 26.8 Å². The molecule has 0 amide bonds. The van der Waals surface area contributed by atoms with Crippen molar-refractivity contribution in [1.29, 1.82) is 0 Å². The van der Waals surface area contributed by atoms with Crippen molar-refractivity contribution in [2.75, 3.05) is 0 Å². The highest BCUT2D eigenvalue weighted by molar-refractivity contribution is 7.18. The molecule has 7 heteroatoms. The Balaban J connectivity index is 1.88. The van der Waals surface area contributed by atoms with Crippen LogP contribution in [0.15, 0.2) is 16.8 Å². The zero-order valence-corrected chi connectivity index (χ0v) is 12.1. The first-order valence-electron chi connectivity index (χ1n) is 5.88. The van der Waals surface area contributed by atoms with Gasteiger partial charge in [0.15, 0.2) is 10.8 Å². The third-order valence-electron chi connectivity index (χ3n) is 2.77. The Morgan fingerprint density at radius 3 is 2.95 bits per heavy atom. The Bertz CT molecular complexity index is 632. The van der Waals surface area contributed by atoms with Crippen molar-refractivity contribution in [2.45, 2.75) is 32.3 Å². The molecule has 19 heavy (non-hydrogen) atoms. The average Bonchev–Trinajstić information content (AvgIpc) is 2.95.